The van der Waals surface area contributed by atoms with Crippen LogP contribution in [0.3, 0.4) is 0 Å². The number of benzene rings is 1. The van der Waals surface area contributed by atoms with E-state index in [1.54, 1.807) is 0 Å². The van der Waals surface area contributed by atoms with Gasteiger partial charge in [-0.15, -0.1) is 0 Å². The molecule has 0 saturated heterocycles. The molecule has 0 saturated carbocycles. The molecule has 1 aromatic carbocycles. The number of carbonyl (C=O) groups is 2. The van der Waals surface area contributed by atoms with Gasteiger partial charge in [0.05, 0.1) is 11.1 Å². The van der Waals surface area contributed by atoms with Crippen LogP contribution in [0.2, 0.25) is 0 Å². The van der Waals surface area contributed by atoms with Crippen LogP contribution in [0.25, 0.3) is 5.57 Å². The maximum Gasteiger partial charge on any atom is 0.336 e. The van der Waals surface area contributed by atoms with Gasteiger partial charge in [-0.25, -0.2) is 31.5 Å². The molecule has 0 amide bonds. The maximum atomic E-state index is 13.2. The van der Waals surface area contributed by atoms with Crippen LogP contribution in [0.15, 0.2) is 6.08 Å². The fourth-order valence-electron chi connectivity index (χ4n) is 1.21. The molecule has 4 nitrogen and oxygen atoms in total. The molecule has 1 rings (SSSR count). The highest BCUT2D eigenvalue weighted by Gasteiger charge is 2.30. The van der Waals surface area contributed by atoms with Crippen LogP contribution < -0.4 is 0 Å². The van der Waals surface area contributed by atoms with Gasteiger partial charge in [0.25, 0.3) is 0 Å². The van der Waals surface area contributed by atoms with E-state index in [2.05, 4.69) is 0 Å². The Morgan fingerprint density at radius 3 is 1.47 bits per heavy atom. The molecule has 0 aromatic heterocycles. The third kappa shape index (κ3) is 2.54. The van der Waals surface area contributed by atoms with Crippen LogP contribution in [-0.2, 0) is 9.59 Å². The molecule has 102 valence electrons. The Kier molecular flexibility index (Phi) is 3.88. The van der Waals surface area contributed by atoms with Crippen LogP contribution in [0.5, 0.6) is 0 Å². The van der Waals surface area contributed by atoms with Gasteiger partial charge in [-0.1, -0.05) is 0 Å². The van der Waals surface area contributed by atoms with Crippen molar-refractivity contribution in [2.45, 2.75) is 0 Å². The summed E-state index contributed by atoms with van der Waals surface area (Å²) < 4.78 is 64.9. The molecular formula is C10H3F5O4. The average molecular weight is 282 g/mol. The summed E-state index contributed by atoms with van der Waals surface area (Å²) in [6.45, 7) is 0. The lowest BCUT2D eigenvalue weighted by Crippen LogP contribution is -2.12. The number of hydrogen-bond donors (Lipinski definition) is 2. The first-order valence-corrected chi connectivity index (χ1v) is 4.38. The monoisotopic (exact) mass is 282 g/mol. The van der Waals surface area contributed by atoms with E-state index in [1.165, 1.54) is 0 Å². The van der Waals surface area contributed by atoms with E-state index >= 15 is 0 Å². The van der Waals surface area contributed by atoms with Gasteiger partial charge in [0.2, 0.25) is 5.82 Å². The summed E-state index contributed by atoms with van der Waals surface area (Å²) >= 11 is 0. The van der Waals surface area contributed by atoms with Gasteiger partial charge in [0.15, 0.2) is 23.3 Å². The highest BCUT2D eigenvalue weighted by molar-refractivity contribution is 6.19. The first-order chi connectivity index (χ1) is 8.68. The van der Waals surface area contributed by atoms with E-state index in [1.807, 2.05) is 0 Å². The molecule has 2 N–H and O–H groups in total. The summed E-state index contributed by atoms with van der Waals surface area (Å²) in [5.74, 6) is -16.2. The number of carboxylic acids is 2. The van der Waals surface area contributed by atoms with Crippen molar-refractivity contribution in [1.82, 2.24) is 0 Å². The highest BCUT2D eigenvalue weighted by atomic mass is 19.2. The van der Waals surface area contributed by atoms with Gasteiger partial charge in [0.1, 0.15) is 0 Å². The second kappa shape index (κ2) is 5.04. The molecule has 9 heteroatoms. The Hall–Kier alpha value is -2.45. The smallest absolute Gasteiger partial charge is 0.336 e. The van der Waals surface area contributed by atoms with Crippen molar-refractivity contribution >= 4 is 17.5 Å². The van der Waals surface area contributed by atoms with Crippen molar-refractivity contribution in [2.24, 2.45) is 0 Å². The van der Waals surface area contributed by atoms with Crippen molar-refractivity contribution < 1.29 is 41.8 Å². The molecule has 0 heterocycles. The Morgan fingerprint density at radius 1 is 0.789 bits per heavy atom. The van der Waals surface area contributed by atoms with Crippen molar-refractivity contribution in [3.05, 3.63) is 40.7 Å². The molecule has 19 heavy (non-hydrogen) atoms. The first-order valence-electron chi connectivity index (χ1n) is 4.38. The van der Waals surface area contributed by atoms with Gasteiger partial charge in [-0.05, 0) is 0 Å². The molecular weight excluding hydrogens is 279 g/mol. The maximum absolute atomic E-state index is 13.2. The molecule has 0 aliphatic rings. The molecule has 0 unspecified atom stereocenters. The predicted molar refractivity (Wildman–Crippen MR) is 49.5 cm³/mol. The molecule has 0 fully saturated rings. The minimum atomic E-state index is -2.47. The summed E-state index contributed by atoms with van der Waals surface area (Å²) in [7, 11) is 0. The van der Waals surface area contributed by atoms with Crippen LogP contribution in [0, 0.1) is 29.1 Å². The van der Waals surface area contributed by atoms with Gasteiger partial charge in [0, 0.05) is 6.08 Å². The lowest BCUT2D eigenvalue weighted by Gasteiger charge is -2.08. The average Bonchev–Trinajstić information content (AvgIpc) is 2.32. The second-order valence-electron chi connectivity index (χ2n) is 3.15. The van der Waals surface area contributed by atoms with Crippen LogP contribution >= 0.6 is 0 Å². The lowest BCUT2D eigenvalue weighted by molar-refractivity contribution is -0.133. The number of rotatable bonds is 3. The van der Waals surface area contributed by atoms with E-state index in [4.69, 9.17) is 10.2 Å². The zero-order valence-electron chi connectivity index (χ0n) is 8.68. The molecule has 0 spiro atoms. The standard InChI is InChI=1S/C10H3F5O4/c11-5-4(2(10(18)19)1-3(16)17)6(12)8(14)9(15)7(5)13/h1H,(H,16,17)(H,18,19). The van der Waals surface area contributed by atoms with E-state index < -0.39 is 52.2 Å². The number of aliphatic carboxylic acids is 2. The van der Waals surface area contributed by atoms with E-state index in [-0.39, 0.29) is 6.08 Å². The number of halogens is 5. The van der Waals surface area contributed by atoms with Crippen molar-refractivity contribution in [3.63, 3.8) is 0 Å². The van der Waals surface area contributed by atoms with Crippen LogP contribution in [-0.4, -0.2) is 22.2 Å². The van der Waals surface area contributed by atoms with Gasteiger partial charge >= 0.3 is 11.9 Å². The third-order valence-corrected chi connectivity index (χ3v) is 1.98. The summed E-state index contributed by atoms with van der Waals surface area (Å²) in [6, 6.07) is 0. The summed E-state index contributed by atoms with van der Waals surface area (Å²) in [4.78, 5) is 20.9. The Labute approximate surface area is 101 Å². The largest absolute Gasteiger partial charge is 0.478 e. The van der Waals surface area contributed by atoms with E-state index in [0.717, 1.165) is 0 Å². The van der Waals surface area contributed by atoms with Crippen molar-refractivity contribution in [1.29, 1.82) is 0 Å². The van der Waals surface area contributed by atoms with E-state index in [0.29, 0.717) is 0 Å². The number of hydrogen-bond acceptors (Lipinski definition) is 2. The van der Waals surface area contributed by atoms with Crippen molar-refractivity contribution in [3.8, 4) is 0 Å². The summed E-state index contributed by atoms with van der Waals surface area (Å²) in [5, 5.41) is 16.9. The molecule has 0 aliphatic heterocycles. The SMILES string of the molecule is O=C(O)C=C(C(=O)O)c1c(F)c(F)c(F)c(F)c1F. The molecule has 1 aromatic rings. The molecule has 0 radical (unpaired) electrons. The zero-order chi connectivity index (χ0) is 14.9. The Bertz CT molecular complexity index is 579. The fourth-order valence-corrected chi connectivity index (χ4v) is 1.21. The summed E-state index contributed by atoms with van der Waals surface area (Å²) in [5.41, 5.74) is -3.38. The van der Waals surface area contributed by atoms with Gasteiger partial charge in [-0.3, -0.25) is 0 Å². The Morgan fingerprint density at radius 2 is 1.16 bits per heavy atom. The minimum Gasteiger partial charge on any atom is -0.478 e. The first kappa shape index (κ1) is 14.6. The Balaban J connectivity index is 3.76. The molecule has 0 bridgehead atoms. The van der Waals surface area contributed by atoms with Crippen LogP contribution in [0.1, 0.15) is 5.56 Å². The molecule has 0 aliphatic carbocycles. The highest BCUT2D eigenvalue weighted by Crippen LogP contribution is 2.28. The van der Waals surface area contributed by atoms with Crippen molar-refractivity contribution in [2.75, 3.05) is 0 Å². The third-order valence-electron chi connectivity index (χ3n) is 1.98. The normalized spacial score (nSPS) is 11.5. The lowest BCUT2D eigenvalue weighted by atomic mass is 10.0. The van der Waals surface area contributed by atoms with Crippen LogP contribution in [0.4, 0.5) is 22.0 Å². The van der Waals surface area contributed by atoms with Gasteiger partial charge in [-0.2, -0.15) is 0 Å². The summed E-state index contributed by atoms with van der Waals surface area (Å²) in [6.07, 6.45) is -0.180. The second-order valence-corrected chi connectivity index (χ2v) is 3.15. The number of carboxylic acid groups (broad SMARTS) is 2. The zero-order valence-corrected chi connectivity index (χ0v) is 8.68. The minimum absolute atomic E-state index is 0.180. The molecule has 0 atom stereocenters. The fraction of sp³-hybridized carbons (Fsp3) is 0. The van der Waals surface area contributed by atoms with E-state index in [9.17, 15) is 31.5 Å². The predicted octanol–water partition coefficient (Wildman–Crippen LogP) is 1.93. The van der Waals surface area contributed by atoms with Gasteiger partial charge < -0.3 is 10.2 Å². The quantitative estimate of drug-likeness (QED) is 0.384. The topological polar surface area (TPSA) is 74.6 Å².